The van der Waals surface area contributed by atoms with Crippen LogP contribution >= 0.6 is 0 Å². The van der Waals surface area contributed by atoms with Gasteiger partial charge in [-0.25, -0.2) is 9.97 Å². The molecule has 0 saturated heterocycles. The maximum Gasteiger partial charge on any atom is 0.238 e. The summed E-state index contributed by atoms with van der Waals surface area (Å²) < 4.78 is 4.58. The number of hydrogen-bond acceptors (Lipinski definition) is 4. The molecule has 0 N–H and O–H groups in total. The first kappa shape index (κ1) is 35.5. The normalized spacial score (nSPS) is 11.5. The van der Waals surface area contributed by atoms with Crippen molar-refractivity contribution in [3.05, 3.63) is 218 Å². The monoisotopic (exact) mass is 792 g/mol. The maximum absolute atomic E-state index is 5.17. The van der Waals surface area contributed by atoms with E-state index in [0.29, 0.717) is 17.6 Å². The Hall–Kier alpha value is -8.48. The van der Waals surface area contributed by atoms with E-state index in [-0.39, 0.29) is 0 Å². The molecule has 0 spiro atoms. The summed E-state index contributed by atoms with van der Waals surface area (Å²) in [6, 6.07) is 76.2. The van der Waals surface area contributed by atoms with Crippen LogP contribution in [0.1, 0.15) is 0 Å². The third-order valence-corrected chi connectivity index (χ3v) is 11.8. The number of benzene rings is 8. The maximum atomic E-state index is 5.17. The molecule has 0 fully saturated rings. The largest absolute Gasteiger partial charge is 0.309 e. The number of nitrogens with zero attached hydrogens (tertiary/aromatic N) is 6. The lowest BCUT2D eigenvalue weighted by Gasteiger charge is -2.11. The van der Waals surface area contributed by atoms with Crippen LogP contribution in [0, 0.1) is 0 Å². The average molecular weight is 793 g/mol. The molecule has 0 radical (unpaired) electrons. The van der Waals surface area contributed by atoms with E-state index in [1.54, 1.807) is 0 Å². The van der Waals surface area contributed by atoms with Gasteiger partial charge < -0.3 is 4.57 Å². The summed E-state index contributed by atoms with van der Waals surface area (Å²) in [7, 11) is 0. The first-order valence-electron chi connectivity index (χ1n) is 20.8. The first-order valence-corrected chi connectivity index (χ1v) is 20.8. The molecule has 6 nitrogen and oxygen atoms in total. The SMILES string of the molecule is c1ccc(-c2cccc(-c3cccc(-c4ccc(-n5c6ccccc6c6c7c8ccccc8n(-c8nc(-c9ccccc9)nc(-c9ccccc9)n8)c7ccc65)cc4)n3)c2)cc1. The average Bonchev–Trinajstić information content (AvgIpc) is 3.88. The molecule has 62 heavy (non-hydrogen) atoms. The van der Waals surface area contributed by atoms with Gasteiger partial charge in [0.25, 0.3) is 0 Å². The zero-order valence-corrected chi connectivity index (χ0v) is 33.5. The molecule has 12 aromatic rings. The third-order valence-electron chi connectivity index (χ3n) is 11.8. The summed E-state index contributed by atoms with van der Waals surface area (Å²) >= 11 is 0. The van der Waals surface area contributed by atoms with Gasteiger partial charge in [-0.15, -0.1) is 0 Å². The lowest BCUT2D eigenvalue weighted by Crippen LogP contribution is -2.06. The molecule has 4 aromatic heterocycles. The molecule has 4 heterocycles. The molecule has 0 unspecified atom stereocenters. The van der Waals surface area contributed by atoms with Crippen molar-refractivity contribution < 1.29 is 0 Å². The fourth-order valence-electron chi connectivity index (χ4n) is 8.94. The highest BCUT2D eigenvalue weighted by Crippen LogP contribution is 2.42. The molecule has 0 saturated carbocycles. The Labute approximate surface area is 357 Å². The van der Waals surface area contributed by atoms with Crippen LogP contribution in [0.5, 0.6) is 0 Å². The Morgan fingerprint density at radius 1 is 0.274 bits per heavy atom. The van der Waals surface area contributed by atoms with Crippen LogP contribution in [-0.4, -0.2) is 29.1 Å². The van der Waals surface area contributed by atoms with E-state index < -0.39 is 0 Å². The van der Waals surface area contributed by atoms with E-state index in [9.17, 15) is 0 Å². The highest BCUT2D eigenvalue weighted by molar-refractivity contribution is 6.28. The number of hydrogen-bond donors (Lipinski definition) is 0. The Kier molecular flexibility index (Phi) is 8.38. The van der Waals surface area contributed by atoms with Crippen molar-refractivity contribution in [2.24, 2.45) is 0 Å². The molecule has 0 bridgehead atoms. The van der Waals surface area contributed by atoms with Gasteiger partial charge in [-0.05, 0) is 65.7 Å². The standard InChI is InChI=1S/C56H36N6/c1-4-16-37(17-5-1)41-22-14-23-42(36-41)47-27-15-26-46(57-47)38-30-32-43(33-31-38)61-48-28-12-10-24-44(48)52-50(61)34-35-51-53(52)45-25-11-13-29-49(45)62(51)56-59-54(39-18-6-2-7-19-39)58-55(60-56)40-20-8-3-9-21-40/h1-36H. The quantitative estimate of drug-likeness (QED) is 0.161. The van der Waals surface area contributed by atoms with E-state index in [4.69, 9.17) is 19.9 Å². The van der Waals surface area contributed by atoms with Crippen molar-refractivity contribution >= 4 is 43.6 Å². The van der Waals surface area contributed by atoms with Crippen LogP contribution in [0.25, 0.3) is 112 Å². The molecule has 0 atom stereocenters. The predicted octanol–water partition coefficient (Wildman–Crippen LogP) is 13.8. The Morgan fingerprint density at radius 3 is 1.35 bits per heavy atom. The topological polar surface area (TPSA) is 61.4 Å². The third kappa shape index (κ3) is 5.96. The highest BCUT2D eigenvalue weighted by atomic mass is 15.2. The van der Waals surface area contributed by atoms with E-state index in [2.05, 4.69) is 161 Å². The molecule has 0 aliphatic carbocycles. The van der Waals surface area contributed by atoms with Crippen molar-refractivity contribution in [3.63, 3.8) is 0 Å². The Bertz CT molecular complexity index is 3550. The zero-order valence-electron chi connectivity index (χ0n) is 33.5. The van der Waals surface area contributed by atoms with Gasteiger partial charge in [0.15, 0.2) is 11.6 Å². The van der Waals surface area contributed by atoms with Crippen LogP contribution in [0.4, 0.5) is 0 Å². The smallest absolute Gasteiger partial charge is 0.238 e. The number of pyridine rings is 1. The lowest BCUT2D eigenvalue weighted by molar-refractivity contribution is 0.953. The minimum absolute atomic E-state index is 0.573. The van der Waals surface area contributed by atoms with Crippen molar-refractivity contribution in [2.45, 2.75) is 0 Å². The van der Waals surface area contributed by atoms with Gasteiger partial charge in [-0.2, -0.15) is 9.97 Å². The van der Waals surface area contributed by atoms with Gasteiger partial charge in [-0.1, -0.05) is 164 Å². The minimum Gasteiger partial charge on any atom is -0.309 e. The summed E-state index contributed by atoms with van der Waals surface area (Å²) in [5, 5.41) is 4.65. The molecular weight excluding hydrogens is 757 g/mol. The van der Waals surface area contributed by atoms with Crippen LogP contribution in [0.3, 0.4) is 0 Å². The summed E-state index contributed by atoms with van der Waals surface area (Å²) in [5.74, 6) is 1.82. The predicted molar refractivity (Wildman–Crippen MR) is 253 cm³/mol. The van der Waals surface area contributed by atoms with E-state index >= 15 is 0 Å². The van der Waals surface area contributed by atoms with Crippen LogP contribution in [0.15, 0.2) is 218 Å². The summed E-state index contributed by atoms with van der Waals surface area (Å²) in [6.07, 6.45) is 0. The zero-order chi connectivity index (χ0) is 41.0. The number of fused-ring (bicyclic) bond motifs is 7. The minimum atomic E-state index is 0.573. The molecule has 8 aromatic carbocycles. The van der Waals surface area contributed by atoms with Crippen molar-refractivity contribution in [2.75, 3.05) is 0 Å². The van der Waals surface area contributed by atoms with Gasteiger partial charge in [0, 0.05) is 49.5 Å². The van der Waals surface area contributed by atoms with Crippen LogP contribution in [0.2, 0.25) is 0 Å². The van der Waals surface area contributed by atoms with Gasteiger partial charge in [0.05, 0.1) is 33.5 Å². The summed E-state index contributed by atoms with van der Waals surface area (Å²) in [5.41, 5.74) is 13.6. The number of para-hydroxylation sites is 2. The van der Waals surface area contributed by atoms with Crippen LogP contribution in [-0.2, 0) is 0 Å². The van der Waals surface area contributed by atoms with Gasteiger partial charge >= 0.3 is 0 Å². The molecule has 290 valence electrons. The number of aromatic nitrogens is 6. The fraction of sp³-hybridized carbons (Fsp3) is 0. The van der Waals surface area contributed by atoms with E-state index in [1.807, 2.05) is 66.7 Å². The van der Waals surface area contributed by atoms with Gasteiger partial charge in [0.2, 0.25) is 5.95 Å². The van der Waals surface area contributed by atoms with Crippen LogP contribution < -0.4 is 0 Å². The second-order valence-corrected chi connectivity index (χ2v) is 15.5. The molecule has 0 aliphatic heterocycles. The van der Waals surface area contributed by atoms with E-state index in [1.165, 1.54) is 21.9 Å². The molecular formula is C56H36N6. The molecule has 6 heteroatoms. The first-order chi connectivity index (χ1) is 30.7. The summed E-state index contributed by atoms with van der Waals surface area (Å²) in [4.78, 5) is 20.5. The number of rotatable bonds is 7. The lowest BCUT2D eigenvalue weighted by atomic mass is 10.0. The highest BCUT2D eigenvalue weighted by Gasteiger charge is 2.22. The second kappa shape index (κ2) is 14.7. The fourth-order valence-corrected chi connectivity index (χ4v) is 8.94. The van der Waals surface area contributed by atoms with Crippen molar-refractivity contribution in [3.8, 4) is 68.1 Å². The Balaban J connectivity index is 0.999. The summed E-state index contributed by atoms with van der Waals surface area (Å²) in [6.45, 7) is 0. The Morgan fingerprint density at radius 2 is 0.742 bits per heavy atom. The molecule has 0 aliphatic rings. The van der Waals surface area contributed by atoms with Crippen molar-refractivity contribution in [1.29, 1.82) is 0 Å². The molecule has 12 rings (SSSR count). The van der Waals surface area contributed by atoms with Gasteiger partial charge in [0.1, 0.15) is 0 Å². The van der Waals surface area contributed by atoms with Gasteiger partial charge in [-0.3, -0.25) is 4.57 Å². The second-order valence-electron chi connectivity index (χ2n) is 15.5. The van der Waals surface area contributed by atoms with E-state index in [0.717, 1.165) is 72.2 Å². The molecule has 0 amide bonds. The van der Waals surface area contributed by atoms with Crippen molar-refractivity contribution in [1.82, 2.24) is 29.1 Å².